The molecule has 156 valence electrons. The van der Waals surface area contributed by atoms with Crippen LogP contribution < -0.4 is 10.1 Å². The molecule has 1 saturated heterocycles. The summed E-state index contributed by atoms with van der Waals surface area (Å²) in [4.78, 5) is 15.2. The summed E-state index contributed by atoms with van der Waals surface area (Å²) in [5, 5.41) is 14.2. The van der Waals surface area contributed by atoms with Gasteiger partial charge in [-0.2, -0.15) is 0 Å². The SMILES string of the molecule is COc1ccc([C@@H](CNC(=O)c2ccc(-n3cnnn3)cc2)N2CCCCC2)cc1. The van der Waals surface area contributed by atoms with Crippen molar-refractivity contribution in [3.05, 3.63) is 66.0 Å². The van der Waals surface area contributed by atoms with E-state index in [2.05, 4.69) is 37.9 Å². The van der Waals surface area contributed by atoms with Gasteiger partial charge in [-0.25, -0.2) is 4.68 Å². The quantitative estimate of drug-likeness (QED) is 0.649. The number of piperidine rings is 1. The Morgan fingerprint density at radius 2 is 1.80 bits per heavy atom. The Morgan fingerprint density at radius 3 is 2.43 bits per heavy atom. The number of nitrogens with one attached hydrogen (secondary N) is 1. The average Bonchev–Trinajstić information content (AvgIpc) is 3.35. The number of likely N-dealkylation sites (tertiary alicyclic amines) is 1. The molecule has 1 N–H and O–H groups in total. The maximum Gasteiger partial charge on any atom is 0.251 e. The topological polar surface area (TPSA) is 85.2 Å². The summed E-state index contributed by atoms with van der Waals surface area (Å²) in [6.45, 7) is 2.65. The number of carbonyl (C=O) groups excluding carboxylic acids is 1. The van der Waals surface area contributed by atoms with Gasteiger partial charge in [0.1, 0.15) is 12.1 Å². The number of carbonyl (C=O) groups is 1. The maximum atomic E-state index is 12.8. The van der Waals surface area contributed by atoms with E-state index >= 15 is 0 Å². The Hall–Kier alpha value is -3.26. The molecule has 4 rings (SSSR count). The van der Waals surface area contributed by atoms with E-state index in [1.807, 2.05) is 24.3 Å². The summed E-state index contributed by atoms with van der Waals surface area (Å²) in [5.41, 5.74) is 2.60. The Kier molecular flexibility index (Phi) is 6.34. The van der Waals surface area contributed by atoms with Crippen LogP contribution in [0.5, 0.6) is 5.75 Å². The Labute approximate surface area is 175 Å². The second-order valence-corrected chi connectivity index (χ2v) is 7.40. The lowest BCUT2D eigenvalue weighted by Gasteiger charge is -2.35. The highest BCUT2D eigenvalue weighted by molar-refractivity contribution is 5.94. The highest BCUT2D eigenvalue weighted by Gasteiger charge is 2.23. The van der Waals surface area contributed by atoms with Crippen molar-refractivity contribution in [1.82, 2.24) is 30.4 Å². The third-order valence-corrected chi connectivity index (χ3v) is 5.53. The molecule has 0 saturated carbocycles. The van der Waals surface area contributed by atoms with Crippen molar-refractivity contribution in [3.63, 3.8) is 0 Å². The zero-order valence-corrected chi connectivity index (χ0v) is 17.1. The first-order valence-electron chi connectivity index (χ1n) is 10.2. The van der Waals surface area contributed by atoms with Gasteiger partial charge in [0.15, 0.2) is 0 Å². The summed E-state index contributed by atoms with van der Waals surface area (Å²) in [5.74, 6) is 0.747. The van der Waals surface area contributed by atoms with E-state index in [4.69, 9.17) is 4.74 Å². The smallest absolute Gasteiger partial charge is 0.251 e. The Bertz CT molecular complexity index is 935. The van der Waals surface area contributed by atoms with Crippen LogP contribution in [0.3, 0.4) is 0 Å². The molecule has 30 heavy (non-hydrogen) atoms. The predicted molar refractivity (Wildman–Crippen MR) is 113 cm³/mol. The first-order valence-corrected chi connectivity index (χ1v) is 10.2. The number of tetrazole rings is 1. The zero-order valence-electron chi connectivity index (χ0n) is 17.1. The minimum atomic E-state index is -0.0891. The van der Waals surface area contributed by atoms with Crippen molar-refractivity contribution in [2.75, 3.05) is 26.7 Å². The fourth-order valence-corrected chi connectivity index (χ4v) is 3.85. The summed E-state index contributed by atoms with van der Waals surface area (Å²) in [7, 11) is 1.67. The number of ether oxygens (including phenoxy) is 1. The average molecular weight is 406 g/mol. The second kappa shape index (κ2) is 9.49. The van der Waals surface area contributed by atoms with Crippen molar-refractivity contribution < 1.29 is 9.53 Å². The number of rotatable bonds is 7. The molecule has 1 aliphatic rings. The second-order valence-electron chi connectivity index (χ2n) is 7.40. The van der Waals surface area contributed by atoms with Crippen LogP contribution in [-0.4, -0.2) is 57.8 Å². The largest absolute Gasteiger partial charge is 0.497 e. The number of hydrogen-bond donors (Lipinski definition) is 1. The molecule has 0 spiro atoms. The van der Waals surface area contributed by atoms with Gasteiger partial charge in [0.05, 0.1) is 18.8 Å². The van der Waals surface area contributed by atoms with Crippen LogP contribution in [0.4, 0.5) is 0 Å². The van der Waals surface area contributed by atoms with E-state index in [9.17, 15) is 4.79 Å². The van der Waals surface area contributed by atoms with Gasteiger partial charge >= 0.3 is 0 Å². The van der Waals surface area contributed by atoms with Crippen molar-refractivity contribution in [3.8, 4) is 11.4 Å². The molecular weight excluding hydrogens is 380 g/mol. The first-order chi connectivity index (χ1) is 14.7. The normalized spacial score (nSPS) is 15.5. The Morgan fingerprint density at radius 1 is 1.07 bits per heavy atom. The number of hydrogen-bond acceptors (Lipinski definition) is 6. The molecule has 0 radical (unpaired) electrons. The molecule has 0 unspecified atom stereocenters. The maximum absolute atomic E-state index is 12.8. The lowest BCUT2D eigenvalue weighted by atomic mass is 10.0. The summed E-state index contributed by atoms with van der Waals surface area (Å²) in [6.07, 6.45) is 5.18. The molecule has 1 atom stereocenters. The molecule has 1 amide bonds. The third-order valence-electron chi connectivity index (χ3n) is 5.53. The molecule has 3 aromatic rings. The molecule has 2 heterocycles. The van der Waals surface area contributed by atoms with E-state index in [1.54, 1.807) is 23.9 Å². The van der Waals surface area contributed by atoms with E-state index in [1.165, 1.54) is 31.2 Å². The number of benzene rings is 2. The molecular formula is C22H26N6O2. The van der Waals surface area contributed by atoms with Gasteiger partial charge in [0, 0.05) is 12.1 Å². The fourth-order valence-electron chi connectivity index (χ4n) is 3.85. The van der Waals surface area contributed by atoms with Crippen LogP contribution in [0.15, 0.2) is 54.9 Å². The Balaban J connectivity index is 1.45. The summed E-state index contributed by atoms with van der Waals surface area (Å²) >= 11 is 0. The number of amides is 1. The van der Waals surface area contributed by atoms with Crippen molar-refractivity contribution in [2.45, 2.75) is 25.3 Å². The molecule has 0 bridgehead atoms. The van der Waals surface area contributed by atoms with Crippen LogP contribution >= 0.6 is 0 Å². The molecule has 0 aliphatic carbocycles. The molecule has 1 fully saturated rings. The summed E-state index contributed by atoms with van der Waals surface area (Å²) < 4.78 is 6.84. The van der Waals surface area contributed by atoms with Crippen molar-refractivity contribution in [2.24, 2.45) is 0 Å². The fraction of sp³-hybridized carbons (Fsp3) is 0.364. The van der Waals surface area contributed by atoms with E-state index in [0.29, 0.717) is 12.1 Å². The van der Waals surface area contributed by atoms with Gasteiger partial charge in [-0.15, -0.1) is 5.10 Å². The minimum Gasteiger partial charge on any atom is -0.497 e. The zero-order chi connectivity index (χ0) is 20.8. The lowest BCUT2D eigenvalue weighted by Crippen LogP contribution is -2.40. The number of methoxy groups -OCH3 is 1. The first kappa shape index (κ1) is 20.0. The van der Waals surface area contributed by atoms with Gasteiger partial charge in [0.25, 0.3) is 5.91 Å². The van der Waals surface area contributed by atoms with Gasteiger partial charge in [-0.3, -0.25) is 9.69 Å². The predicted octanol–water partition coefficient (Wildman–Crippen LogP) is 2.63. The van der Waals surface area contributed by atoms with Crippen molar-refractivity contribution in [1.29, 1.82) is 0 Å². The van der Waals surface area contributed by atoms with Crippen molar-refractivity contribution >= 4 is 5.91 Å². The molecule has 8 nitrogen and oxygen atoms in total. The van der Waals surface area contributed by atoms with Gasteiger partial charge in [0.2, 0.25) is 0 Å². The third kappa shape index (κ3) is 4.65. The van der Waals surface area contributed by atoms with Crippen LogP contribution in [0.1, 0.15) is 41.2 Å². The number of nitrogens with zero attached hydrogens (tertiary/aromatic N) is 5. The van der Waals surface area contributed by atoms with E-state index in [0.717, 1.165) is 24.5 Å². The highest BCUT2D eigenvalue weighted by Crippen LogP contribution is 2.26. The summed E-state index contributed by atoms with van der Waals surface area (Å²) in [6, 6.07) is 15.5. The number of aromatic nitrogens is 4. The molecule has 1 aromatic heterocycles. The van der Waals surface area contributed by atoms with Gasteiger partial charge in [-0.05, 0) is 78.3 Å². The van der Waals surface area contributed by atoms with Gasteiger partial charge < -0.3 is 10.1 Å². The highest BCUT2D eigenvalue weighted by atomic mass is 16.5. The van der Waals surface area contributed by atoms with E-state index in [-0.39, 0.29) is 11.9 Å². The standard InChI is InChI=1S/C22H26N6O2/c1-30-20-11-7-17(8-12-20)21(27-13-3-2-4-14-27)15-23-22(29)18-5-9-19(10-6-18)28-16-24-25-26-28/h5-12,16,21H,2-4,13-15H2,1H3,(H,23,29)/t21-/m1/s1. The molecule has 2 aromatic carbocycles. The molecule has 1 aliphatic heterocycles. The van der Waals surface area contributed by atoms with Gasteiger partial charge in [-0.1, -0.05) is 18.6 Å². The van der Waals surface area contributed by atoms with Crippen LogP contribution in [0.2, 0.25) is 0 Å². The minimum absolute atomic E-state index is 0.0891. The van der Waals surface area contributed by atoms with E-state index < -0.39 is 0 Å². The molecule has 8 heteroatoms. The lowest BCUT2D eigenvalue weighted by molar-refractivity contribution is 0.0924. The van der Waals surface area contributed by atoms with Crippen LogP contribution in [0.25, 0.3) is 5.69 Å². The monoisotopic (exact) mass is 406 g/mol. The van der Waals surface area contributed by atoms with Crippen LogP contribution in [0, 0.1) is 0 Å². The van der Waals surface area contributed by atoms with Crippen LogP contribution in [-0.2, 0) is 0 Å².